The predicted octanol–water partition coefficient (Wildman–Crippen LogP) is 2.86. The van der Waals surface area contributed by atoms with E-state index in [-0.39, 0.29) is 11.6 Å². The highest BCUT2D eigenvalue weighted by molar-refractivity contribution is 5.80. The fourth-order valence-electron chi connectivity index (χ4n) is 1.82. The first-order valence-electron chi connectivity index (χ1n) is 6.24. The van der Waals surface area contributed by atoms with Crippen LogP contribution in [-0.2, 0) is 0 Å². The fourth-order valence-corrected chi connectivity index (χ4v) is 1.82. The predicted molar refractivity (Wildman–Crippen MR) is 72.3 cm³/mol. The van der Waals surface area contributed by atoms with E-state index in [1.165, 1.54) is 6.20 Å². The van der Waals surface area contributed by atoms with E-state index < -0.39 is 11.6 Å². The van der Waals surface area contributed by atoms with Crippen molar-refractivity contribution in [2.24, 2.45) is 0 Å². The maximum absolute atomic E-state index is 13.2. The van der Waals surface area contributed by atoms with Crippen molar-refractivity contribution in [3.63, 3.8) is 0 Å². The van der Waals surface area contributed by atoms with E-state index in [1.54, 1.807) is 0 Å². The molecule has 0 bridgehead atoms. The third kappa shape index (κ3) is 2.73. The number of nitrogens with one attached hydrogen (secondary N) is 2. The van der Waals surface area contributed by atoms with E-state index in [0.29, 0.717) is 23.5 Å². The van der Waals surface area contributed by atoms with Crippen LogP contribution in [0.2, 0.25) is 0 Å². The minimum absolute atomic E-state index is 0.0103. The summed E-state index contributed by atoms with van der Waals surface area (Å²) in [5.41, 5.74) is 0.466. The molecule has 0 atom stereocenters. The summed E-state index contributed by atoms with van der Waals surface area (Å²) in [6.45, 7) is 2.51. The molecule has 2 aromatic heterocycles. The SMILES string of the molecule is CCNc1nc(Oc2cc(F)cc(F)c2)c2cn[nH]c2n1. The molecule has 0 aliphatic rings. The van der Waals surface area contributed by atoms with Crippen LogP contribution in [0.25, 0.3) is 11.0 Å². The lowest BCUT2D eigenvalue weighted by Gasteiger charge is -2.08. The molecule has 3 rings (SSSR count). The third-order valence-electron chi connectivity index (χ3n) is 2.66. The van der Waals surface area contributed by atoms with Gasteiger partial charge in [-0.25, -0.2) is 8.78 Å². The van der Waals surface area contributed by atoms with Crippen LogP contribution in [0, 0.1) is 11.6 Å². The molecular weight excluding hydrogens is 280 g/mol. The van der Waals surface area contributed by atoms with Crippen LogP contribution in [0.3, 0.4) is 0 Å². The number of H-pyrrole nitrogens is 1. The molecule has 0 amide bonds. The Bertz CT molecular complexity index is 769. The van der Waals surface area contributed by atoms with Crippen LogP contribution >= 0.6 is 0 Å². The van der Waals surface area contributed by atoms with Gasteiger partial charge in [0, 0.05) is 24.7 Å². The quantitative estimate of drug-likeness (QED) is 0.773. The number of hydrogen-bond acceptors (Lipinski definition) is 5. The zero-order valence-electron chi connectivity index (χ0n) is 11.0. The van der Waals surface area contributed by atoms with Gasteiger partial charge in [-0.3, -0.25) is 5.10 Å². The van der Waals surface area contributed by atoms with Crippen molar-refractivity contribution in [1.29, 1.82) is 0 Å². The van der Waals surface area contributed by atoms with Crippen molar-refractivity contribution in [3.8, 4) is 11.6 Å². The summed E-state index contributed by atoms with van der Waals surface area (Å²) in [5.74, 6) is -0.948. The summed E-state index contributed by atoms with van der Waals surface area (Å²) in [6, 6.07) is 2.92. The molecule has 3 aromatic rings. The van der Waals surface area contributed by atoms with Crippen LogP contribution < -0.4 is 10.1 Å². The molecule has 0 radical (unpaired) electrons. The lowest BCUT2D eigenvalue weighted by Crippen LogP contribution is -2.03. The zero-order chi connectivity index (χ0) is 14.8. The van der Waals surface area contributed by atoms with Crippen molar-refractivity contribution in [2.45, 2.75) is 6.92 Å². The largest absolute Gasteiger partial charge is 0.438 e. The normalized spacial score (nSPS) is 10.8. The van der Waals surface area contributed by atoms with Gasteiger partial charge >= 0.3 is 0 Å². The van der Waals surface area contributed by atoms with Crippen molar-refractivity contribution < 1.29 is 13.5 Å². The first-order chi connectivity index (χ1) is 10.2. The van der Waals surface area contributed by atoms with Crippen LogP contribution in [0.4, 0.5) is 14.7 Å². The Hall–Kier alpha value is -2.77. The summed E-state index contributed by atoms with van der Waals surface area (Å²) in [7, 11) is 0. The Labute approximate surface area is 118 Å². The lowest BCUT2D eigenvalue weighted by molar-refractivity contribution is 0.456. The van der Waals surface area contributed by atoms with E-state index >= 15 is 0 Å². The van der Waals surface area contributed by atoms with Gasteiger partial charge in [0.1, 0.15) is 22.8 Å². The summed E-state index contributed by atoms with van der Waals surface area (Å²) >= 11 is 0. The van der Waals surface area contributed by atoms with Gasteiger partial charge in [-0.2, -0.15) is 15.1 Å². The number of halogens is 2. The number of nitrogens with zero attached hydrogens (tertiary/aromatic N) is 3. The minimum atomic E-state index is -0.727. The number of hydrogen-bond donors (Lipinski definition) is 2. The topological polar surface area (TPSA) is 75.7 Å². The van der Waals surface area contributed by atoms with Crippen LogP contribution in [0.15, 0.2) is 24.4 Å². The van der Waals surface area contributed by atoms with Gasteiger partial charge in [0.2, 0.25) is 11.8 Å². The number of rotatable bonds is 4. The molecule has 1 aromatic carbocycles. The van der Waals surface area contributed by atoms with E-state index in [0.717, 1.165) is 18.2 Å². The summed E-state index contributed by atoms with van der Waals surface area (Å²) in [4.78, 5) is 8.36. The second-order valence-corrected chi connectivity index (χ2v) is 4.22. The molecule has 108 valence electrons. The van der Waals surface area contributed by atoms with Crippen LogP contribution in [0.1, 0.15) is 6.92 Å². The molecule has 0 fully saturated rings. The van der Waals surface area contributed by atoms with Crippen molar-refractivity contribution in [1.82, 2.24) is 20.2 Å². The van der Waals surface area contributed by atoms with Crippen molar-refractivity contribution in [3.05, 3.63) is 36.0 Å². The molecule has 21 heavy (non-hydrogen) atoms. The number of fused-ring (bicyclic) bond motifs is 1. The maximum Gasteiger partial charge on any atom is 0.235 e. The van der Waals surface area contributed by atoms with Crippen LogP contribution in [-0.4, -0.2) is 26.7 Å². The summed E-state index contributed by atoms with van der Waals surface area (Å²) in [5, 5.41) is 10.0. The van der Waals surface area contributed by atoms with Gasteiger partial charge in [0.25, 0.3) is 0 Å². The van der Waals surface area contributed by atoms with Gasteiger partial charge in [-0.15, -0.1) is 0 Å². The molecule has 0 aliphatic carbocycles. The third-order valence-corrected chi connectivity index (χ3v) is 2.66. The van der Waals surface area contributed by atoms with Gasteiger partial charge in [-0.1, -0.05) is 0 Å². The molecule has 2 heterocycles. The highest BCUT2D eigenvalue weighted by Gasteiger charge is 2.12. The second kappa shape index (κ2) is 5.31. The van der Waals surface area contributed by atoms with Gasteiger partial charge < -0.3 is 10.1 Å². The minimum Gasteiger partial charge on any atom is -0.438 e. The van der Waals surface area contributed by atoms with Crippen molar-refractivity contribution >= 4 is 17.0 Å². The monoisotopic (exact) mass is 291 g/mol. The van der Waals surface area contributed by atoms with Gasteiger partial charge in [0.05, 0.1) is 6.20 Å². The second-order valence-electron chi connectivity index (χ2n) is 4.22. The Kier molecular flexibility index (Phi) is 3.35. The molecule has 0 spiro atoms. The number of benzene rings is 1. The summed E-state index contributed by atoms with van der Waals surface area (Å²) < 4.78 is 31.9. The van der Waals surface area contributed by atoms with Gasteiger partial charge in [-0.05, 0) is 6.92 Å². The first-order valence-corrected chi connectivity index (χ1v) is 6.24. The van der Waals surface area contributed by atoms with E-state index in [4.69, 9.17) is 4.74 Å². The highest BCUT2D eigenvalue weighted by Crippen LogP contribution is 2.28. The first kappa shape index (κ1) is 13.2. The average molecular weight is 291 g/mol. The molecule has 8 heteroatoms. The molecule has 2 N–H and O–H groups in total. The van der Waals surface area contributed by atoms with E-state index in [2.05, 4.69) is 25.5 Å². The number of ether oxygens (including phenoxy) is 1. The van der Waals surface area contributed by atoms with E-state index in [1.807, 2.05) is 6.92 Å². The molecule has 6 nitrogen and oxygen atoms in total. The molecule has 0 unspecified atom stereocenters. The highest BCUT2D eigenvalue weighted by atomic mass is 19.1. The molecule has 0 aliphatic heterocycles. The van der Waals surface area contributed by atoms with Gasteiger partial charge in [0.15, 0.2) is 5.65 Å². The molecule has 0 saturated heterocycles. The Morgan fingerprint density at radius 3 is 2.67 bits per heavy atom. The average Bonchev–Trinajstić information content (AvgIpc) is 2.86. The standard InChI is InChI=1S/C13H11F2N5O/c1-2-16-13-18-11-10(6-17-20-11)12(19-13)21-9-4-7(14)3-8(15)5-9/h3-6H,2H2,1H3,(H2,16,17,18,19,20). The zero-order valence-corrected chi connectivity index (χ0v) is 11.0. The smallest absolute Gasteiger partial charge is 0.235 e. The summed E-state index contributed by atoms with van der Waals surface area (Å²) in [6.07, 6.45) is 1.48. The maximum atomic E-state index is 13.2. The number of aromatic nitrogens is 4. The fraction of sp³-hybridized carbons (Fsp3) is 0.154. The molecule has 0 saturated carbocycles. The Balaban J connectivity index is 2.04. The van der Waals surface area contributed by atoms with Crippen LogP contribution in [0.5, 0.6) is 11.6 Å². The Morgan fingerprint density at radius 1 is 1.19 bits per heavy atom. The number of aromatic amines is 1. The van der Waals surface area contributed by atoms with E-state index in [9.17, 15) is 8.78 Å². The molecular formula is C13H11F2N5O. The number of anilines is 1. The lowest BCUT2D eigenvalue weighted by atomic mass is 10.3. The van der Waals surface area contributed by atoms with Crippen molar-refractivity contribution in [2.75, 3.05) is 11.9 Å². The Morgan fingerprint density at radius 2 is 1.95 bits per heavy atom.